The standard InChI is InChI=1S/C7H11N6O5P/c8-7-9-5-4(6(14)10-7)13(12-11-5)1-2-18-3-19(15,16)17/h1-3H2,(H2,15,16,17)(H3,8,9,10,14). The van der Waals surface area contributed by atoms with E-state index in [1.807, 2.05) is 0 Å². The molecule has 0 radical (unpaired) electrons. The largest absolute Gasteiger partial charge is 0.369 e. The molecule has 0 amide bonds. The number of rotatable bonds is 5. The number of nitrogens with one attached hydrogen (secondary N) is 1. The number of aromatic amines is 1. The third-order valence-corrected chi connectivity index (χ3v) is 2.63. The first-order valence-corrected chi connectivity index (χ1v) is 6.88. The van der Waals surface area contributed by atoms with Crippen molar-refractivity contribution in [1.29, 1.82) is 0 Å². The lowest BCUT2D eigenvalue weighted by molar-refractivity contribution is 0.146. The summed E-state index contributed by atoms with van der Waals surface area (Å²) in [5.74, 6) is -0.0673. The third kappa shape index (κ3) is 3.35. The lowest BCUT2D eigenvalue weighted by Gasteiger charge is -2.05. The first kappa shape index (κ1) is 13.6. The van der Waals surface area contributed by atoms with Crippen LogP contribution in [0.5, 0.6) is 0 Å². The highest BCUT2D eigenvalue weighted by Crippen LogP contribution is 2.33. The Kier molecular flexibility index (Phi) is 3.62. The van der Waals surface area contributed by atoms with Gasteiger partial charge >= 0.3 is 7.60 Å². The van der Waals surface area contributed by atoms with Gasteiger partial charge in [-0.15, -0.1) is 5.10 Å². The Morgan fingerprint density at radius 1 is 1.47 bits per heavy atom. The summed E-state index contributed by atoms with van der Waals surface area (Å²) in [6.07, 6.45) is -0.693. The van der Waals surface area contributed by atoms with Gasteiger partial charge in [0.25, 0.3) is 5.56 Å². The molecule has 12 heteroatoms. The summed E-state index contributed by atoms with van der Waals surface area (Å²) >= 11 is 0. The highest BCUT2D eigenvalue weighted by molar-refractivity contribution is 7.51. The molecule has 2 heterocycles. The van der Waals surface area contributed by atoms with Gasteiger partial charge in [0.1, 0.15) is 6.35 Å². The quantitative estimate of drug-likeness (QED) is 0.368. The van der Waals surface area contributed by atoms with E-state index in [0.717, 1.165) is 0 Å². The van der Waals surface area contributed by atoms with Crippen LogP contribution in [0.3, 0.4) is 0 Å². The van der Waals surface area contributed by atoms with Crippen LogP contribution in [0.4, 0.5) is 5.95 Å². The fourth-order valence-electron chi connectivity index (χ4n) is 1.41. The van der Waals surface area contributed by atoms with Crippen LogP contribution in [0.1, 0.15) is 0 Å². The maximum absolute atomic E-state index is 11.6. The van der Waals surface area contributed by atoms with Gasteiger partial charge in [0, 0.05) is 0 Å². The third-order valence-electron chi connectivity index (χ3n) is 2.11. The van der Waals surface area contributed by atoms with E-state index in [2.05, 4.69) is 20.3 Å². The molecule has 0 atom stereocenters. The first-order valence-electron chi connectivity index (χ1n) is 5.08. The molecule has 11 nitrogen and oxygen atoms in total. The normalized spacial score (nSPS) is 12.1. The number of H-pyrrole nitrogens is 1. The number of nitrogens with two attached hydrogens (primary N) is 1. The molecule has 0 spiro atoms. The lowest BCUT2D eigenvalue weighted by atomic mass is 10.5. The minimum Gasteiger partial charge on any atom is -0.369 e. The van der Waals surface area contributed by atoms with Crippen molar-refractivity contribution in [2.24, 2.45) is 0 Å². The van der Waals surface area contributed by atoms with Crippen LogP contribution in [-0.2, 0) is 15.8 Å². The molecule has 0 unspecified atom stereocenters. The molecule has 0 aliphatic heterocycles. The molecular formula is C7H11N6O5P. The van der Waals surface area contributed by atoms with Crippen LogP contribution in [0.2, 0.25) is 0 Å². The molecule has 0 bridgehead atoms. The molecule has 2 aromatic rings. The molecular weight excluding hydrogens is 279 g/mol. The number of hydrogen-bond donors (Lipinski definition) is 4. The van der Waals surface area contributed by atoms with Gasteiger partial charge in [-0.05, 0) is 0 Å². The monoisotopic (exact) mass is 290 g/mol. The van der Waals surface area contributed by atoms with Crippen LogP contribution in [-0.4, -0.2) is 47.7 Å². The van der Waals surface area contributed by atoms with E-state index in [9.17, 15) is 9.36 Å². The molecule has 0 fully saturated rings. The Bertz CT molecular complexity index is 689. The van der Waals surface area contributed by atoms with E-state index in [0.29, 0.717) is 0 Å². The molecule has 2 rings (SSSR count). The van der Waals surface area contributed by atoms with Crippen LogP contribution >= 0.6 is 7.60 Å². The van der Waals surface area contributed by atoms with Crippen molar-refractivity contribution in [3.05, 3.63) is 10.4 Å². The van der Waals surface area contributed by atoms with Gasteiger partial charge in [0.15, 0.2) is 5.52 Å². The minimum absolute atomic E-state index is 0.0343. The van der Waals surface area contributed by atoms with Crippen molar-refractivity contribution >= 4 is 24.7 Å². The Balaban J connectivity index is 2.10. The summed E-state index contributed by atoms with van der Waals surface area (Å²) in [7, 11) is -4.20. The maximum Gasteiger partial charge on any atom is 0.350 e. The van der Waals surface area contributed by atoms with Gasteiger partial charge in [-0.2, -0.15) is 4.98 Å². The minimum atomic E-state index is -4.20. The summed E-state index contributed by atoms with van der Waals surface area (Å²) in [5.41, 5.74) is 5.06. The number of hydrogen-bond acceptors (Lipinski definition) is 7. The molecule has 5 N–H and O–H groups in total. The fraction of sp³-hybridized carbons (Fsp3) is 0.429. The van der Waals surface area contributed by atoms with Crippen molar-refractivity contribution in [3.63, 3.8) is 0 Å². The van der Waals surface area contributed by atoms with Crippen LogP contribution in [0, 0.1) is 0 Å². The van der Waals surface area contributed by atoms with Gasteiger partial charge in [-0.3, -0.25) is 14.3 Å². The zero-order chi connectivity index (χ0) is 14.0. The van der Waals surface area contributed by atoms with E-state index in [1.165, 1.54) is 4.68 Å². The number of aromatic nitrogens is 5. The maximum atomic E-state index is 11.6. The van der Waals surface area contributed by atoms with E-state index in [-0.39, 0.29) is 30.3 Å². The molecule has 19 heavy (non-hydrogen) atoms. The van der Waals surface area contributed by atoms with E-state index in [1.54, 1.807) is 0 Å². The summed E-state index contributed by atoms with van der Waals surface area (Å²) in [4.78, 5) is 34.9. The number of nitrogen functional groups attached to an aromatic ring is 1. The molecule has 0 aromatic carbocycles. The van der Waals surface area contributed by atoms with Crippen LogP contribution < -0.4 is 11.3 Å². The number of nitrogens with zero attached hydrogens (tertiary/aromatic N) is 4. The topological polar surface area (TPSA) is 169 Å². The second-order valence-corrected chi connectivity index (χ2v) is 5.23. The first-order chi connectivity index (χ1) is 8.87. The van der Waals surface area contributed by atoms with Crippen molar-refractivity contribution < 1.29 is 19.1 Å². The van der Waals surface area contributed by atoms with Gasteiger partial charge in [0.05, 0.1) is 13.2 Å². The van der Waals surface area contributed by atoms with E-state index < -0.39 is 19.5 Å². The Hall–Kier alpha value is -1.81. The predicted molar refractivity (Wildman–Crippen MR) is 63.2 cm³/mol. The van der Waals surface area contributed by atoms with E-state index >= 15 is 0 Å². The highest BCUT2D eigenvalue weighted by atomic mass is 31.2. The summed E-state index contributed by atoms with van der Waals surface area (Å²) in [6, 6.07) is 0. The molecule has 0 aliphatic carbocycles. The van der Waals surface area contributed by atoms with Crippen molar-refractivity contribution in [3.8, 4) is 0 Å². The summed E-state index contributed by atoms with van der Waals surface area (Å²) in [6.45, 7) is 0.0680. The number of ether oxygens (including phenoxy) is 1. The lowest BCUT2D eigenvalue weighted by Crippen LogP contribution is -2.16. The average molecular weight is 290 g/mol. The molecule has 2 aromatic heterocycles. The summed E-state index contributed by atoms with van der Waals surface area (Å²) in [5, 5.41) is 7.35. The Labute approximate surface area is 105 Å². The predicted octanol–water partition coefficient (Wildman–Crippen LogP) is -1.75. The second kappa shape index (κ2) is 5.05. The van der Waals surface area contributed by atoms with Gasteiger partial charge < -0.3 is 20.3 Å². The molecule has 0 saturated carbocycles. The molecule has 0 saturated heterocycles. The SMILES string of the molecule is Nc1nc2nnn(CCOCP(=O)(O)O)c2c(=O)[nH]1. The Morgan fingerprint density at radius 2 is 2.21 bits per heavy atom. The zero-order valence-corrected chi connectivity index (χ0v) is 10.4. The molecule has 0 aliphatic rings. The van der Waals surface area contributed by atoms with Gasteiger partial charge in [-0.1, -0.05) is 5.21 Å². The van der Waals surface area contributed by atoms with Crippen molar-refractivity contribution in [1.82, 2.24) is 25.0 Å². The highest BCUT2D eigenvalue weighted by Gasteiger charge is 2.14. The number of anilines is 1. The zero-order valence-electron chi connectivity index (χ0n) is 9.55. The fourth-order valence-corrected chi connectivity index (χ4v) is 1.77. The molecule has 104 valence electrons. The van der Waals surface area contributed by atoms with E-state index in [4.69, 9.17) is 20.3 Å². The second-order valence-electron chi connectivity index (χ2n) is 3.64. The van der Waals surface area contributed by atoms with Crippen LogP contribution in [0.15, 0.2) is 4.79 Å². The smallest absolute Gasteiger partial charge is 0.350 e. The average Bonchev–Trinajstić information content (AvgIpc) is 2.66. The summed E-state index contributed by atoms with van der Waals surface area (Å²) < 4.78 is 16.5. The van der Waals surface area contributed by atoms with Crippen molar-refractivity contribution in [2.45, 2.75) is 6.54 Å². The van der Waals surface area contributed by atoms with Gasteiger partial charge in [0.2, 0.25) is 11.6 Å². The van der Waals surface area contributed by atoms with Gasteiger partial charge in [-0.25, -0.2) is 4.68 Å². The Morgan fingerprint density at radius 3 is 2.89 bits per heavy atom. The van der Waals surface area contributed by atoms with Crippen molar-refractivity contribution in [2.75, 3.05) is 18.7 Å². The van der Waals surface area contributed by atoms with Crippen LogP contribution in [0.25, 0.3) is 11.2 Å². The number of fused-ring (bicyclic) bond motifs is 1.